The first-order valence-electron chi connectivity index (χ1n) is 4.37. The van der Waals surface area contributed by atoms with Gasteiger partial charge in [-0.05, 0) is 12.1 Å². The molecule has 0 atom stereocenters. The maximum absolute atomic E-state index is 10.8. The summed E-state index contributed by atoms with van der Waals surface area (Å²) >= 11 is 7.56. The molecule has 0 aliphatic heterocycles. The van der Waals surface area contributed by atoms with Crippen LogP contribution in [0.1, 0.15) is 31.1 Å². The Morgan fingerprint density at radius 3 is 2.50 bits per heavy atom. The molecule has 0 saturated heterocycles. The Balaban J connectivity index is 3.08. The number of hydrogen-bond donors (Lipinski definition) is 0. The molecule has 0 spiro atoms. The number of rotatable bonds is 2. The second kappa shape index (κ2) is 4.37. The van der Waals surface area contributed by atoms with Crippen LogP contribution in [-0.4, -0.2) is 11.0 Å². The SMILES string of the molecule is CC(C)(C)Sc1cccc(Cl)c1C=O. The third-order valence-electron chi connectivity index (χ3n) is 1.55. The molecule has 1 rings (SSSR count). The minimum Gasteiger partial charge on any atom is -0.298 e. The summed E-state index contributed by atoms with van der Waals surface area (Å²) in [6.07, 6.45) is 0.816. The standard InChI is InChI=1S/C11H13ClOS/c1-11(2,3)14-10-6-4-5-9(12)8(10)7-13/h4-7H,1-3H3. The summed E-state index contributed by atoms with van der Waals surface area (Å²) in [5.74, 6) is 0. The van der Waals surface area contributed by atoms with Crippen molar-refractivity contribution in [2.75, 3.05) is 0 Å². The van der Waals surface area contributed by atoms with Crippen molar-refractivity contribution in [3.63, 3.8) is 0 Å². The predicted octanol–water partition coefficient (Wildman–Crippen LogP) is 4.04. The van der Waals surface area contributed by atoms with E-state index < -0.39 is 0 Å². The van der Waals surface area contributed by atoms with E-state index in [0.717, 1.165) is 11.2 Å². The summed E-state index contributed by atoms with van der Waals surface area (Å²) in [4.78, 5) is 11.8. The van der Waals surface area contributed by atoms with Gasteiger partial charge in [-0.2, -0.15) is 0 Å². The van der Waals surface area contributed by atoms with Crippen molar-refractivity contribution in [2.45, 2.75) is 30.4 Å². The molecule has 0 N–H and O–H groups in total. The first-order chi connectivity index (χ1) is 6.44. The fraction of sp³-hybridized carbons (Fsp3) is 0.364. The number of thioether (sulfide) groups is 1. The van der Waals surface area contributed by atoms with Crippen molar-refractivity contribution in [1.82, 2.24) is 0 Å². The Morgan fingerprint density at radius 1 is 1.36 bits per heavy atom. The Kier molecular flexibility index (Phi) is 3.62. The third kappa shape index (κ3) is 3.03. The first kappa shape index (κ1) is 11.6. The third-order valence-corrected chi connectivity index (χ3v) is 3.06. The molecule has 0 heterocycles. The van der Waals surface area contributed by atoms with Crippen molar-refractivity contribution in [3.8, 4) is 0 Å². The van der Waals surface area contributed by atoms with Gasteiger partial charge in [0.15, 0.2) is 6.29 Å². The van der Waals surface area contributed by atoms with Crippen LogP contribution in [0.25, 0.3) is 0 Å². The van der Waals surface area contributed by atoms with Gasteiger partial charge < -0.3 is 0 Å². The molecule has 1 aromatic carbocycles. The van der Waals surface area contributed by atoms with Gasteiger partial charge in [0, 0.05) is 15.2 Å². The Bertz CT molecular complexity index is 342. The smallest absolute Gasteiger partial charge is 0.152 e. The molecule has 1 aromatic rings. The number of carbonyl (C=O) groups excluding carboxylic acids is 1. The van der Waals surface area contributed by atoms with Crippen LogP contribution in [0.4, 0.5) is 0 Å². The van der Waals surface area contributed by atoms with Crippen LogP contribution in [0.15, 0.2) is 23.1 Å². The predicted molar refractivity (Wildman–Crippen MR) is 62.4 cm³/mol. The molecule has 0 aromatic heterocycles. The van der Waals surface area contributed by atoms with Crippen molar-refractivity contribution >= 4 is 29.6 Å². The highest BCUT2D eigenvalue weighted by atomic mass is 35.5. The van der Waals surface area contributed by atoms with Crippen LogP contribution in [0.3, 0.4) is 0 Å². The Morgan fingerprint density at radius 2 is 2.00 bits per heavy atom. The molecular formula is C11H13ClOS. The molecule has 0 aliphatic rings. The van der Waals surface area contributed by atoms with Crippen molar-refractivity contribution in [1.29, 1.82) is 0 Å². The van der Waals surface area contributed by atoms with Gasteiger partial charge in [-0.3, -0.25) is 4.79 Å². The summed E-state index contributed by atoms with van der Waals surface area (Å²) in [5.41, 5.74) is 0.592. The number of carbonyl (C=O) groups is 1. The summed E-state index contributed by atoms with van der Waals surface area (Å²) < 4.78 is 0.0858. The lowest BCUT2D eigenvalue weighted by Gasteiger charge is -2.18. The van der Waals surface area contributed by atoms with Gasteiger partial charge in [0.25, 0.3) is 0 Å². The highest BCUT2D eigenvalue weighted by Gasteiger charge is 2.15. The van der Waals surface area contributed by atoms with Crippen LogP contribution >= 0.6 is 23.4 Å². The lowest BCUT2D eigenvalue weighted by atomic mass is 10.2. The van der Waals surface area contributed by atoms with Gasteiger partial charge in [0.1, 0.15) is 0 Å². The molecule has 0 bridgehead atoms. The second-order valence-corrected chi connectivity index (χ2v) is 6.26. The number of hydrogen-bond acceptors (Lipinski definition) is 2. The molecule has 3 heteroatoms. The lowest BCUT2D eigenvalue weighted by molar-refractivity contribution is 0.112. The molecular weight excluding hydrogens is 216 g/mol. The summed E-state index contributed by atoms with van der Waals surface area (Å²) in [5, 5.41) is 0.522. The highest BCUT2D eigenvalue weighted by molar-refractivity contribution is 8.00. The van der Waals surface area contributed by atoms with Gasteiger partial charge in [0.05, 0.1) is 5.02 Å². The van der Waals surface area contributed by atoms with E-state index in [1.54, 1.807) is 17.8 Å². The normalized spacial score (nSPS) is 11.4. The molecule has 0 aliphatic carbocycles. The van der Waals surface area contributed by atoms with Crippen molar-refractivity contribution < 1.29 is 4.79 Å². The van der Waals surface area contributed by atoms with E-state index in [9.17, 15) is 4.79 Å². The van der Waals surface area contributed by atoms with Gasteiger partial charge in [0.2, 0.25) is 0 Å². The zero-order valence-corrected chi connectivity index (χ0v) is 10.1. The molecule has 0 amide bonds. The fourth-order valence-electron chi connectivity index (χ4n) is 1.05. The average Bonchev–Trinajstić information content (AvgIpc) is 2.01. The molecule has 0 fully saturated rings. The van der Waals surface area contributed by atoms with Crippen LogP contribution in [-0.2, 0) is 0 Å². The number of aldehydes is 1. The van der Waals surface area contributed by atoms with Gasteiger partial charge >= 0.3 is 0 Å². The maximum atomic E-state index is 10.8. The van der Waals surface area contributed by atoms with Crippen molar-refractivity contribution in [3.05, 3.63) is 28.8 Å². The molecule has 14 heavy (non-hydrogen) atoms. The fourth-order valence-corrected chi connectivity index (χ4v) is 2.40. The monoisotopic (exact) mass is 228 g/mol. The minimum atomic E-state index is 0.0858. The largest absolute Gasteiger partial charge is 0.298 e. The lowest BCUT2D eigenvalue weighted by Crippen LogP contribution is -2.07. The topological polar surface area (TPSA) is 17.1 Å². The van der Waals surface area contributed by atoms with E-state index in [2.05, 4.69) is 20.8 Å². The first-order valence-corrected chi connectivity index (χ1v) is 5.56. The number of halogens is 1. The van der Waals surface area contributed by atoms with Crippen LogP contribution < -0.4 is 0 Å². The van der Waals surface area contributed by atoms with E-state index in [0.29, 0.717) is 10.6 Å². The van der Waals surface area contributed by atoms with E-state index in [1.165, 1.54) is 0 Å². The average molecular weight is 229 g/mol. The van der Waals surface area contributed by atoms with Crippen LogP contribution in [0.5, 0.6) is 0 Å². The second-order valence-electron chi connectivity index (χ2n) is 3.98. The molecule has 0 saturated carbocycles. The van der Waals surface area contributed by atoms with Gasteiger partial charge in [-0.1, -0.05) is 38.4 Å². The van der Waals surface area contributed by atoms with Crippen LogP contribution in [0.2, 0.25) is 5.02 Å². The zero-order valence-electron chi connectivity index (χ0n) is 8.50. The van der Waals surface area contributed by atoms with E-state index in [-0.39, 0.29) is 4.75 Å². The van der Waals surface area contributed by atoms with E-state index >= 15 is 0 Å². The van der Waals surface area contributed by atoms with Gasteiger partial charge in [-0.25, -0.2) is 0 Å². The van der Waals surface area contributed by atoms with E-state index in [1.807, 2.05) is 12.1 Å². The molecule has 0 radical (unpaired) electrons. The highest BCUT2D eigenvalue weighted by Crippen LogP contribution is 2.35. The molecule has 1 nitrogen and oxygen atoms in total. The summed E-state index contributed by atoms with van der Waals surface area (Å²) in [7, 11) is 0. The quantitative estimate of drug-likeness (QED) is 0.561. The van der Waals surface area contributed by atoms with Crippen molar-refractivity contribution in [2.24, 2.45) is 0 Å². The summed E-state index contributed by atoms with van der Waals surface area (Å²) in [6.45, 7) is 6.31. The Hall–Kier alpha value is -0.470. The Labute approximate surface area is 93.8 Å². The molecule has 0 unspecified atom stereocenters. The summed E-state index contributed by atoms with van der Waals surface area (Å²) in [6, 6.07) is 5.52. The zero-order chi connectivity index (χ0) is 10.8. The molecule has 76 valence electrons. The maximum Gasteiger partial charge on any atom is 0.152 e. The van der Waals surface area contributed by atoms with E-state index in [4.69, 9.17) is 11.6 Å². The van der Waals surface area contributed by atoms with Crippen LogP contribution in [0, 0.1) is 0 Å². The van der Waals surface area contributed by atoms with Gasteiger partial charge in [-0.15, -0.1) is 11.8 Å². The minimum absolute atomic E-state index is 0.0858. The number of benzene rings is 1.